The average Bonchev–Trinajstić information content (AvgIpc) is 2.79. The van der Waals surface area contributed by atoms with Crippen molar-refractivity contribution in [2.45, 2.75) is 65.6 Å². The number of likely N-dealkylation sites (N-methyl/N-ethyl adjacent to an activating group) is 1. The maximum absolute atomic E-state index is 6.38. The Labute approximate surface area is 123 Å². The number of hydrogen-bond acceptors (Lipinski definition) is 3. The van der Waals surface area contributed by atoms with Crippen molar-refractivity contribution in [3.05, 3.63) is 22.4 Å². The van der Waals surface area contributed by atoms with Gasteiger partial charge < -0.3 is 5.73 Å². The van der Waals surface area contributed by atoms with Crippen molar-refractivity contribution >= 4 is 11.3 Å². The molecule has 0 bridgehead atoms. The van der Waals surface area contributed by atoms with Gasteiger partial charge in [-0.3, -0.25) is 4.90 Å². The van der Waals surface area contributed by atoms with Crippen LogP contribution < -0.4 is 5.73 Å². The first kappa shape index (κ1) is 16.7. The predicted molar refractivity (Wildman–Crippen MR) is 86.8 cm³/mol. The van der Waals surface area contributed by atoms with Crippen LogP contribution in [0, 0.1) is 5.41 Å². The number of rotatable bonds is 6. The molecule has 0 aliphatic carbocycles. The number of nitrogens with two attached hydrogens (primary N) is 1. The molecule has 110 valence electrons. The van der Waals surface area contributed by atoms with Crippen LogP contribution in [0.15, 0.2) is 17.5 Å². The molecule has 1 aromatic heterocycles. The molecule has 3 unspecified atom stereocenters. The largest absolute Gasteiger partial charge is 0.326 e. The second-order valence-electron chi connectivity index (χ2n) is 6.68. The minimum absolute atomic E-state index is 0.202. The summed E-state index contributed by atoms with van der Waals surface area (Å²) in [7, 11) is 2.23. The summed E-state index contributed by atoms with van der Waals surface area (Å²) < 4.78 is 0. The SMILES string of the molecule is CCC(N)C(N(C)C(C)Cc1cccs1)C(C)(C)C. The zero-order chi connectivity index (χ0) is 14.6. The van der Waals surface area contributed by atoms with Gasteiger partial charge in [0.2, 0.25) is 0 Å². The van der Waals surface area contributed by atoms with E-state index in [0.29, 0.717) is 12.1 Å². The minimum Gasteiger partial charge on any atom is -0.326 e. The Morgan fingerprint density at radius 2 is 2.00 bits per heavy atom. The van der Waals surface area contributed by atoms with E-state index < -0.39 is 0 Å². The summed E-state index contributed by atoms with van der Waals surface area (Å²) in [6, 6.07) is 5.51. The molecule has 19 heavy (non-hydrogen) atoms. The average molecular weight is 282 g/mol. The van der Waals surface area contributed by atoms with E-state index in [-0.39, 0.29) is 11.5 Å². The van der Waals surface area contributed by atoms with Gasteiger partial charge in [-0.1, -0.05) is 33.8 Å². The molecular weight excluding hydrogens is 252 g/mol. The first-order chi connectivity index (χ1) is 8.77. The molecule has 0 saturated heterocycles. The first-order valence-corrected chi connectivity index (χ1v) is 8.15. The van der Waals surface area contributed by atoms with Crippen LogP contribution in [0.3, 0.4) is 0 Å². The van der Waals surface area contributed by atoms with Crippen LogP contribution in [0.4, 0.5) is 0 Å². The summed E-state index contributed by atoms with van der Waals surface area (Å²) in [5.41, 5.74) is 6.58. The molecule has 1 aromatic rings. The Kier molecular flexibility index (Phi) is 6.03. The normalized spacial score (nSPS) is 17.5. The summed E-state index contributed by atoms with van der Waals surface area (Å²) in [4.78, 5) is 3.94. The topological polar surface area (TPSA) is 29.3 Å². The maximum atomic E-state index is 6.38. The zero-order valence-corrected chi connectivity index (χ0v) is 14.1. The molecule has 0 aliphatic heterocycles. The van der Waals surface area contributed by atoms with Crippen molar-refractivity contribution in [3.8, 4) is 0 Å². The van der Waals surface area contributed by atoms with Gasteiger partial charge in [0.25, 0.3) is 0 Å². The lowest BCUT2D eigenvalue weighted by molar-refractivity contribution is 0.0693. The fourth-order valence-corrected chi connectivity index (χ4v) is 3.74. The summed E-state index contributed by atoms with van der Waals surface area (Å²) in [5, 5.41) is 2.15. The number of nitrogens with zero attached hydrogens (tertiary/aromatic N) is 1. The van der Waals surface area contributed by atoms with Crippen molar-refractivity contribution in [1.82, 2.24) is 4.90 Å². The molecule has 0 aromatic carbocycles. The molecule has 3 heteroatoms. The third-order valence-corrected chi connectivity index (χ3v) is 4.87. The summed E-state index contributed by atoms with van der Waals surface area (Å²) >= 11 is 1.84. The molecule has 0 radical (unpaired) electrons. The van der Waals surface area contributed by atoms with Gasteiger partial charge in [0.15, 0.2) is 0 Å². The van der Waals surface area contributed by atoms with E-state index in [1.165, 1.54) is 4.88 Å². The van der Waals surface area contributed by atoms with Gasteiger partial charge in [0.05, 0.1) is 0 Å². The Bertz CT molecular complexity index is 353. The van der Waals surface area contributed by atoms with Gasteiger partial charge in [-0.25, -0.2) is 0 Å². The van der Waals surface area contributed by atoms with Gasteiger partial charge in [0.1, 0.15) is 0 Å². The maximum Gasteiger partial charge on any atom is 0.0295 e. The van der Waals surface area contributed by atoms with Gasteiger partial charge in [-0.05, 0) is 43.7 Å². The van der Waals surface area contributed by atoms with E-state index in [9.17, 15) is 0 Å². The second kappa shape index (κ2) is 6.87. The highest BCUT2D eigenvalue weighted by atomic mass is 32.1. The van der Waals surface area contributed by atoms with Crippen LogP contribution >= 0.6 is 11.3 Å². The fraction of sp³-hybridized carbons (Fsp3) is 0.750. The fourth-order valence-electron chi connectivity index (χ4n) is 2.92. The van der Waals surface area contributed by atoms with Crippen LogP contribution in [0.25, 0.3) is 0 Å². The van der Waals surface area contributed by atoms with Crippen molar-refractivity contribution in [2.24, 2.45) is 11.1 Å². The van der Waals surface area contributed by atoms with Crippen LogP contribution in [0.2, 0.25) is 0 Å². The van der Waals surface area contributed by atoms with E-state index in [4.69, 9.17) is 5.73 Å². The molecule has 0 aliphatic rings. The van der Waals surface area contributed by atoms with Crippen LogP contribution in [-0.2, 0) is 6.42 Å². The molecule has 1 rings (SSSR count). The Morgan fingerprint density at radius 3 is 2.42 bits per heavy atom. The number of thiophene rings is 1. The minimum atomic E-state index is 0.202. The Hall–Kier alpha value is -0.380. The van der Waals surface area contributed by atoms with E-state index in [0.717, 1.165) is 12.8 Å². The third-order valence-electron chi connectivity index (χ3n) is 3.97. The molecule has 3 atom stereocenters. The van der Waals surface area contributed by atoms with E-state index in [2.05, 4.69) is 64.1 Å². The number of hydrogen-bond donors (Lipinski definition) is 1. The van der Waals surface area contributed by atoms with Gasteiger partial charge >= 0.3 is 0 Å². The Morgan fingerprint density at radius 1 is 1.37 bits per heavy atom. The second-order valence-corrected chi connectivity index (χ2v) is 7.71. The van der Waals surface area contributed by atoms with Crippen molar-refractivity contribution < 1.29 is 0 Å². The zero-order valence-electron chi connectivity index (χ0n) is 13.3. The van der Waals surface area contributed by atoms with Gasteiger partial charge in [0, 0.05) is 23.0 Å². The van der Waals surface area contributed by atoms with E-state index in [1.54, 1.807) is 0 Å². The first-order valence-electron chi connectivity index (χ1n) is 7.27. The lowest BCUT2D eigenvalue weighted by Crippen LogP contribution is -2.56. The molecule has 1 heterocycles. The Balaban J connectivity index is 2.78. The molecule has 0 spiro atoms. The van der Waals surface area contributed by atoms with E-state index >= 15 is 0 Å². The highest BCUT2D eigenvalue weighted by Gasteiger charge is 2.34. The van der Waals surface area contributed by atoms with Crippen molar-refractivity contribution in [3.63, 3.8) is 0 Å². The predicted octanol–water partition coefficient (Wildman–Crippen LogP) is 3.76. The molecule has 2 nitrogen and oxygen atoms in total. The highest BCUT2D eigenvalue weighted by Crippen LogP contribution is 2.29. The molecule has 0 saturated carbocycles. The third kappa shape index (κ3) is 4.59. The lowest BCUT2D eigenvalue weighted by atomic mass is 9.80. The van der Waals surface area contributed by atoms with Crippen molar-refractivity contribution in [2.75, 3.05) is 7.05 Å². The van der Waals surface area contributed by atoms with E-state index in [1.807, 2.05) is 11.3 Å². The van der Waals surface area contributed by atoms with Gasteiger partial charge in [-0.2, -0.15) is 0 Å². The molecular formula is C16H30N2S. The summed E-state index contributed by atoms with van der Waals surface area (Å²) in [5.74, 6) is 0. The quantitative estimate of drug-likeness (QED) is 0.860. The van der Waals surface area contributed by atoms with Crippen LogP contribution in [0.5, 0.6) is 0 Å². The van der Waals surface area contributed by atoms with Crippen molar-refractivity contribution in [1.29, 1.82) is 0 Å². The standard InChI is InChI=1S/C16H30N2S/c1-7-14(17)15(16(3,4)5)18(6)12(2)11-13-9-8-10-19-13/h8-10,12,14-15H,7,11,17H2,1-6H3. The summed E-state index contributed by atoms with van der Waals surface area (Å²) in [6.07, 6.45) is 2.13. The van der Waals surface area contributed by atoms with Gasteiger partial charge in [-0.15, -0.1) is 11.3 Å². The lowest BCUT2D eigenvalue weighted by Gasteiger charge is -2.44. The summed E-state index contributed by atoms with van der Waals surface area (Å²) in [6.45, 7) is 11.4. The molecule has 0 amide bonds. The smallest absolute Gasteiger partial charge is 0.0295 e. The van der Waals surface area contributed by atoms with Crippen LogP contribution in [0.1, 0.15) is 45.9 Å². The van der Waals surface area contributed by atoms with Crippen LogP contribution in [-0.4, -0.2) is 30.1 Å². The molecule has 0 fully saturated rings. The monoisotopic (exact) mass is 282 g/mol. The molecule has 2 N–H and O–H groups in total. The highest BCUT2D eigenvalue weighted by molar-refractivity contribution is 7.09.